The van der Waals surface area contributed by atoms with E-state index in [1.807, 2.05) is 12.1 Å². The number of hydrogen-bond donors (Lipinski definition) is 1. The molecule has 31 heavy (non-hydrogen) atoms. The quantitative estimate of drug-likeness (QED) is 0.778. The van der Waals surface area contributed by atoms with E-state index < -0.39 is 0 Å². The average Bonchev–Trinajstić information content (AvgIpc) is 3.15. The molecular weight excluding hydrogens is 414 g/mol. The van der Waals surface area contributed by atoms with E-state index in [9.17, 15) is 9.59 Å². The van der Waals surface area contributed by atoms with Gasteiger partial charge in [-0.2, -0.15) is 0 Å². The van der Waals surface area contributed by atoms with Gasteiger partial charge in [-0.3, -0.25) is 14.5 Å². The van der Waals surface area contributed by atoms with Crippen molar-refractivity contribution in [2.75, 3.05) is 37.6 Å². The van der Waals surface area contributed by atoms with Gasteiger partial charge >= 0.3 is 0 Å². The Bertz CT molecular complexity index is 990. The lowest BCUT2D eigenvalue weighted by molar-refractivity contribution is -0.122. The van der Waals surface area contributed by atoms with Crippen LogP contribution >= 0.6 is 11.6 Å². The summed E-state index contributed by atoms with van der Waals surface area (Å²) in [6.45, 7) is 12.6. The minimum Gasteiger partial charge on any atom is -0.365 e. The predicted molar refractivity (Wildman–Crippen MR) is 124 cm³/mol. The monoisotopic (exact) mass is 445 g/mol. The van der Waals surface area contributed by atoms with Crippen molar-refractivity contribution in [1.82, 2.24) is 19.8 Å². The zero-order valence-electron chi connectivity index (χ0n) is 18.8. The van der Waals surface area contributed by atoms with Crippen molar-refractivity contribution in [3.8, 4) is 0 Å². The molecule has 168 valence electrons. The summed E-state index contributed by atoms with van der Waals surface area (Å²) in [5, 5.41) is 0.653. The number of anilines is 1. The van der Waals surface area contributed by atoms with Crippen LogP contribution in [0.25, 0.3) is 11.0 Å². The van der Waals surface area contributed by atoms with Crippen LogP contribution in [0.4, 0.5) is 5.69 Å². The van der Waals surface area contributed by atoms with Gasteiger partial charge in [-0.1, -0.05) is 25.4 Å². The number of imidazole rings is 1. The number of likely N-dealkylation sites (N-methyl/N-ethyl adjacent to an activating group) is 1. The summed E-state index contributed by atoms with van der Waals surface area (Å²) >= 11 is 6.65. The number of likely N-dealkylation sites (tertiary alicyclic amines) is 1. The molecule has 0 radical (unpaired) electrons. The molecule has 2 fully saturated rings. The number of carbonyl (C=O) groups is 2. The molecule has 3 heterocycles. The molecule has 0 spiro atoms. The number of nitrogens with one attached hydrogen (secondary N) is 1. The van der Waals surface area contributed by atoms with Crippen LogP contribution in [0.2, 0.25) is 5.02 Å². The van der Waals surface area contributed by atoms with Crippen molar-refractivity contribution >= 4 is 40.0 Å². The van der Waals surface area contributed by atoms with Gasteiger partial charge in [-0.05, 0) is 51.3 Å². The fourth-order valence-corrected chi connectivity index (χ4v) is 5.20. The molecule has 2 aliphatic rings. The number of benzene rings is 1. The summed E-state index contributed by atoms with van der Waals surface area (Å²) in [6, 6.07) is 3.80. The summed E-state index contributed by atoms with van der Waals surface area (Å²) in [7, 11) is 0. The molecule has 1 aromatic carbocycles. The maximum atomic E-state index is 13.2. The highest BCUT2D eigenvalue weighted by Gasteiger charge is 2.34. The van der Waals surface area contributed by atoms with E-state index in [1.54, 1.807) is 11.8 Å². The second kappa shape index (κ2) is 8.79. The van der Waals surface area contributed by atoms with Crippen LogP contribution in [0.3, 0.4) is 0 Å². The number of amides is 1. The Labute approximate surface area is 188 Å². The van der Waals surface area contributed by atoms with E-state index in [0.29, 0.717) is 29.9 Å². The zero-order valence-corrected chi connectivity index (χ0v) is 19.6. The molecule has 4 rings (SSSR count). The summed E-state index contributed by atoms with van der Waals surface area (Å²) < 4.78 is 0. The smallest absolute Gasteiger partial charge is 0.290 e. The number of aromatic nitrogens is 2. The number of H-pyrrole nitrogens is 1. The second-order valence-electron chi connectivity index (χ2n) is 9.10. The minimum absolute atomic E-state index is 0.0292. The van der Waals surface area contributed by atoms with Crippen LogP contribution in [0.1, 0.15) is 51.2 Å². The maximum Gasteiger partial charge on any atom is 0.290 e. The molecule has 1 aromatic heterocycles. The highest BCUT2D eigenvalue weighted by Crippen LogP contribution is 2.33. The number of Topliss-reactive ketones (excluding diaryl/α,β-unsaturated/α-hetero) is 1. The van der Waals surface area contributed by atoms with Crippen LogP contribution in [0.15, 0.2) is 12.1 Å². The minimum atomic E-state index is -0.376. The van der Waals surface area contributed by atoms with Crippen LogP contribution in [0.5, 0.6) is 0 Å². The number of hydrogen-bond acceptors (Lipinski definition) is 5. The lowest BCUT2D eigenvalue weighted by Gasteiger charge is -2.41. The van der Waals surface area contributed by atoms with Gasteiger partial charge in [0.2, 0.25) is 0 Å². The molecule has 2 unspecified atom stereocenters. The Morgan fingerprint density at radius 3 is 2.68 bits per heavy atom. The van der Waals surface area contributed by atoms with Gasteiger partial charge in [0, 0.05) is 32.2 Å². The maximum absolute atomic E-state index is 13.2. The first-order valence-corrected chi connectivity index (χ1v) is 11.7. The van der Waals surface area contributed by atoms with E-state index in [1.165, 1.54) is 0 Å². The molecule has 0 aliphatic carbocycles. The molecule has 3 atom stereocenters. The van der Waals surface area contributed by atoms with Gasteiger partial charge < -0.3 is 14.8 Å². The van der Waals surface area contributed by atoms with E-state index in [2.05, 4.69) is 40.5 Å². The van der Waals surface area contributed by atoms with E-state index in [-0.39, 0.29) is 23.6 Å². The van der Waals surface area contributed by atoms with Gasteiger partial charge in [-0.15, -0.1) is 0 Å². The van der Waals surface area contributed by atoms with E-state index in [0.717, 1.165) is 49.3 Å². The standard InChI is InChI=1S/C23H32ClN5O2/c1-5-27-8-9-28(15(3)13-27)21-12-19-18(11-17(21)24)25-22(26-19)23(31)29-7-6-14(2)10-20(29)16(4)30/h11-12,14-15,20H,5-10,13H2,1-4H3,(H,25,26)/t14?,15-,20?/m0/s1. The van der Waals surface area contributed by atoms with E-state index in [4.69, 9.17) is 11.6 Å². The number of halogens is 1. The number of nitrogens with zero attached hydrogens (tertiary/aromatic N) is 4. The van der Waals surface area contributed by atoms with Crippen LogP contribution in [-0.2, 0) is 4.79 Å². The highest BCUT2D eigenvalue weighted by molar-refractivity contribution is 6.34. The van der Waals surface area contributed by atoms with Gasteiger partial charge in [0.05, 0.1) is 27.8 Å². The second-order valence-corrected chi connectivity index (χ2v) is 9.50. The summed E-state index contributed by atoms with van der Waals surface area (Å²) in [5.41, 5.74) is 2.41. The Morgan fingerprint density at radius 1 is 1.23 bits per heavy atom. The first kappa shape index (κ1) is 22.1. The lowest BCUT2D eigenvalue weighted by Crippen LogP contribution is -2.51. The van der Waals surface area contributed by atoms with Gasteiger partial charge in [-0.25, -0.2) is 4.98 Å². The van der Waals surface area contributed by atoms with Crippen LogP contribution in [0, 0.1) is 5.92 Å². The first-order chi connectivity index (χ1) is 14.8. The fourth-order valence-electron chi connectivity index (χ4n) is 4.92. The first-order valence-electron chi connectivity index (χ1n) is 11.3. The van der Waals surface area contributed by atoms with Crippen molar-refractivity contribution in [2.24, 2.45) is 5.92 Å². The molecule has 2 aromatic rings. The van der Waals surface area contributed by atoms with Crippen molar-refractivity contribution in [3.05, 3.63) is 23.0 Å². The van der Waals surface area contributed by atoms with Crippen molar-refractivity contribution < 1.29 is 9.59 Å². The largest absolute Gasteiger partial charge is 0.365 e. The van der Waals surface area contributed by atoms with Gasteiger partial charge in [0.25, 0.3) is 5.91 Å². The molecule has 0 saturated carbocycles. The average molecular weight is 446 g/mol. The Kier molecular flexibility index (Phi) is 6.26. The molecular formula is C23H32ClN5O2. The van der Waals surface area contributed by atoms with Gasteiger partial charge in [0.15, 0.2) is 11.6 Å². The molecule has 7 nitrogen and oxygen atoms in total. The summed E-state index contributed by atoms with van der Waals surface area (Å²) in [6.07, 6.45) is 1.60. The summed E-state index contributed by atoms with van der Waals surface area (Å²) in [5.74, 6) is 0.519. The number of rotatable bonds is 4. The molecule has 2 saturated heterocycles. The summed E-state index contributed by atoms with van der Waals surface area (Å²) in [4.78, 5) is 39.5. The SMILES string of the molecule is CCN1CCN(c2cc3nc(C(=O)N4CCC(C)CC4C(C)=O)[nH]c3cc2Cl)[C@@H](C)C1. The topological polar surface area (TPSA) is 72.5 Å². The van der Waals surface area contributed by atoms with Crippen LogP contribution < -0.4 is 4.90 Å². The molecule has 1 N–H and O–H groups in total. The molecule has 1 amide bonds. The van der Waals surface area contributed by atoms with Crippen molar-refractivity contribution in [2.45, 2.75) is 52.6 Å². The number of ketones is 1. The third-order valence-electron chi connectivity index (χ3n) is 6.82. The van der Waals surface area contributed by atoms with Gasteiger partial charge in [0.1, 0.15) is 0 Å². The Balaban J connectivity index is 1.61. The lowest BCUT2D eigenvalue weighted by atomic mass is 9.90. The third-order valence-corrected chi connectivity index (χ3v) is 7.12. The van der Waals surface area contributed by atoms with E-state index >= 15 is 0 Å². The third kappa shape index (κ3) is 4.30. The Hall–Kier alpha value is -2.12. The zero-order chi connectivity index (χ0) is 22.3. The normalized spacial score (nSPS) is 25.3. The number of aromatic amines is 1. The Morgan fingerprint density at radius 2 is 2.00 bits per heavy atom. The number of fused-ring (bicyclic) bond motifs is 1. The molecule has 2 aliphatic heterocycles. The van der Waals surface area contributed by atoms with Crippen molar-refractivity contribution in [3.63, 3.8) is 0 Å². The highest BCUT2D eigenvalue weighted by atomic mass is 35.5. The molecule has 8 heteroatoms. The van der Waals surface area contributed by atoms with Crippen molar-refractivity contribution in [1.29, 1.82) is 0 Å². The number of piperazine rings is 1. The predicted octanol–water partition coefficient (Wildman–Crippen LogP) is 3.58. The number of piperidine rings is 1. The van der Waals surface area contributed by atoms with Crippen LogP contribution in [-0.4, -0.2) is 76.3 Å². The number of carbonyl (C=O) groups excluding carboxylic acids is 2. The fraction of sp³-hybridized carbons (Fsp3) is 0.609. The molecule has 0 bridgehead atoms.